The number of esters is 1. The van der Waals surface area contributed by atoms with Gasteiger partial charge in [0.2, 0.25) is 5.91 Å². The van der Waals surface area contributed by atoms with E-state index in [1.165, 1.54) is 180 Å². The molecule has 0 rings (SSSR count). The molecule has 2 unspecified atom stereocenters. The van der Waals surface area contributed by atoms with Crippen molar-refractivity contribution < 1.29 is 24.5 Å². The van der Waals surface area contributed by atoms with Gasteiger partial charge in [0.15, 0.2) is 0 Å². The van der Waals surface area contributed by atoms with Crippen LogP contribution in [0, 0.1) is 0 Å². The first-order valence-electron chi connectivity index (χ1n) is 25.1. The maximum Gasteiger partial charge on any atom is 0.305 e. The average molecular weight is 804 g/mol. The van der Waals surface area contributed by atoms with Gasteiger partial charge >= 0.3 is 5.97 Å². The number of ether oxygens (including phenoxy) is 1. The fourth-order valence-electron chi connectivity index (χ4n) is 7.57. The monoisotopic (exact) mass is 804 g/mol. The van der Waals surface area contributed by atoms with E-state index in [9.17, 15) is 19.8 Å². The van der Waals surface area contributed by atoms with Crippen LogP contribution in [0.5, 0.6) is 0 Å². The van der Waals surface area contributed by atoms with Crippen LogP contribution >= 0.6 is 0 Å². The second-order valence-corrected chi connectivity index (χ2v) is 17.1. The van der Waals surface area contributed by atoms with Crippen molar-refractivity contribution >= 4 is 11.9 Å². The van der Waals surface area contributed by atoms with Crippen molar-refractivity contribution in [1.29, 1.82) is 0 Å². The van der Waals surface area contributed by atoms with Crippen LogP contribution in [0.3, 0.4) is 0 Å². The van der Waals surface area contributed by atoms with Gasteiger partial charge in [0.25, 0.3) is 0 Å². The van der Waals surface area contributed by atoms with Crippen LogP contribution in [0.2, 0.25) is 0 Å². The molecule has 0 aliphatic heterocycles. The molecule has 0 aromatic heterocycles. The van der Waals surface area contributed by atoms with Crippen LogP contribution in [-0.2, 0) is 14.3 Å². The molecule has 2 atom stereocenters. The smallest absolute Gasteiger partial charge is 0.305 e. The Morgan fingerprint density at radius 2 is 0.825 bits per heavy atom. The molecule has 3 N–H and O–H groups in total. The van der Waals surface area contributed by atoms with Crippen LogP contribution in [0.15, 0.2) is 24.3 Å². The number of aliphatic hydroxyl groups is 2. The van der Waals surface area contributed by atoms with E-state index in [1.807, 2.05) is 6.08 Å². The number of unbranched alkanes of at least 4 members (excludes halogenated alkanes) is 33. The highest BCUT2D eigenvalue weighted by Gasteiger charge is 2.18. The maximum atomic E-state index is 12.4. The van der Waals surface area contributed by atoms with E-state index in [4.69, 9.17) is 4.74 Å². The zero-order valence-electron chi connectivity index (χ0n) is 38.1. The van der Waals surface area contributed by atoms with Gasteiger partial charge in [-0.1, -0.05) is 218 Å². The molecule has 0 aliphatic rings. The zero-order valence-corrected chi connectivity index (χ0v) is 38.1. The highest BCUT2D eigenvalue weighted by atomic mass is 16.5. The van der Waals surface area contributed by atoms with Crippen LogP contribution in [-0.4, -0.2) is 47.4 Å². The first-order chi connectivity index (χ1) is 28.0. The minimum absolute atomic E-state index is 0.00903. The third kappa shape index (κ3) is 43.7. The van der Waals surface area contributed by atoms with Crippen molar-refractivity contribution in [1.82, 2.24) is 5.32 Å². The molecule has 0 aliphatic carbocycles. The molecule has 336 valence electrons. The number of allylic oxidation sites excluding steroid dienone is 3. The van der Waals surface area contributed by atoms with Gasteiger partial charge < -0.3 is 20.3 Å². The van der Waals surface area contributed by atoms with Crippen LogP contribution < -0.4 is 5.32 Å². The summed E-state index contributed by atoms with van der Waals surface area (Å²) < 4.78 is 5.46. The Balaban J connectivity index is 3.44. The summed E-state index contributed by atoms with van der Waals surface area (Å²) >= 11 is 0. The van der Waals surface area contributed by atoms with Gasteiger partial charge in [0.05, 0.1) is 25.4 Å². The Kier molecular flexibility index (Phi) is 45.7. The molecule has 6 heteroatoms. The molecule has 0 heterocycles. The van der Waals surface area contributed by atoms with Gasteiger partial charge in [0.1, 0.15) is 0 Å². The minimum atomic E-state index is -0.848. The first-order valence-corrected chi connectivity index (χ1v) is 25.1. The number of carbonyl (C=O) groups excluding carboxylic acids is 2. The number of amides is 1. The van der Waals surface area contributed by atoms with E-state index in [0.29, 0.717) is 19.4 Å². The summed E-state index contributed by atoms with van der Waals surface area (Å²) in [6.07, 6.45) is 54.6. The largest absolute Gasteiger partial charge is 0.466 e. The summed E-state index contributed by atoms with van der Waals surface area (Å²) in [5.41, 5.74) is 0. The van der Waals surface area contributed by atoms with Crippen LogP contribution in [0.4, 0.5) is 0 Å². The van der Waals surface area contributed by atoms with Gasteiger partial charge in [-0.05, 0) is 57.8 Å². The molecular formula is C51H97NO5. The summed E-state index contributed by atoms with van der Waals surface area (Å²) in [5, 5.41) is 22.9. The molecule has 0 bridgehead atoms. The van der Waals surface area contributed by atoms with Gasteiger partial charge in [0, 0.05) is 12.8 Å². The molecular weight excluding hydrogens is 707 g/mol. The summed E-state index contributed by atoms with van der Waals surface area (Å²) in [4.78, 5) is 24.4. The van der Waals surface area contributed by atoms with Crippen molar-refractivity contribution in [2.24, 2.45) is 0 Å². The Hall–Kier alpha value is -1.66. The molecule has 1 amide bonds. The number of nitrogens with one attached hydrogen (secondary N) is 1. The number of aliphatic hydroxyl groups excluding tert-OH is 2. The van der Waals surface area contributed by atoms with Gasteiger partial charge in [-0.25, -0.2) is 0 Å². The molecule has 0 spiro atoms. The third-order valence-electron chi connectivity index (χ3n) is 11.5. The summed E-state index contributed by atoms with van der Waals surface area (Å²) in [7, 11) is 0. The topological polar surface area (TPSA) is 95.9 Å². The van der Waals surface area contributed by atoms with E-state index in [0.717, 1.165) is 57.8 Å². The van der Waals surface area contributed by atoms with E-state index >= 15 is 0 Å². The predicted octanol–water partition coefficient (Wildman–Crippen LogP) is 14.7. The van der Waals surface area contributed by atoms with Crippen molar-refractivity contribution in [3.05, 3.63) is 24.3 Å². The molecule has 0 aromatic carbocycles. The SMILES string of the molecule is CCCCCCCC/C=C\CCCCCCCC(=O)OCCCCCCCCCCCCCCCCCC(=O)NC(CO)C(O)/C=C/CCCCCCCCCC. The Labute approximate surface area is 354 Å². The average Bonchev–Trinajstić information content (AvgIpc) is 3.21. The van der Waals surface area contributed by atoms with Gasteiger partial charge in [-0.15, -0.1) is 0 Å². The molecule has 0 aromatic rings. The quantitative estimate of drug-likeness (QED) is 0.0324. The summed E-state index contributed by atoms with van der Waals surface area (Å²) in [5.74, 6) is -0.0881. The zero-order chi connectivity index (χ0) is 41.5. The predicted molar refractivity (Wildman–Crippen MR) is 246 cm³/mol. The van der Waals surface area contributed by atoms with Gasteiger partial charge in [-0.3, -0.25) is 9.59 Å². The fraction of sp³-hybridized carbons (Fsp3) is 0.882. The lowest BCUT2D eigenvalue weighted by Crippen LogP contribution is -2.45. The second kappa shape index (κ2) is 47.0. The van der Waals surface area contributed by atoms with E-state index in [-0.39, 0.29) is 18.5 Å². The molecule has 0 saturated carbocycles. The Morgan fingerprint density at radius 3 is 1.25 bits per heavy atom. The molecule has 0 radical (unpaired) electrons. The van der Waals surface area contributed by atoms with Crippen molar-refractivity contribution in [3.8, 4) is 0 Å². The second-order valence-electron chi connectivity index (χ2n) is 17.1. The lowest BCUT2D eigenvalue weighted by Gasteiger charge is -2.20. The minimum Gasteiger partial charge on any atom is -0.466 e. The van der Waals surface area contributed by atoms with Crippen LogP contribution in [0.1, 0.15) is 264 Å². The van der Waals surface area contributed by atoms with Gasteiger partial charge in [-0.2, -0.15) is 0 Å². The Morgan fingerprint density at radius 1 is 0.474 bits per heavy atom. The number of hydrogen-bond acceptors (Lipinski definition) is 5. The number of hydrogen-bond donors (Lipinski definition) is 3. The highest BCUT2D eigenvalue weighted by Crippen LogP contribution is 2.15. The molecule has 0 saturated heterocycles. The molecule has 6 nitrogen and oxygen atoms in total. The van der Waals surface area contributed by atoms with Crippen LogP contribution in [0.25, 0.3) is 0 Å². The highest BCUT2D eigenvalue weighted by molar-refractivity contribution is 5.76. The number of rotatable bonds is 46. The van der Waals surface area contributed by atoms with Crippen molar-refractivity contribution in [2.75, 3.05) is 13.2 Å². The molecule has 57 heavy (non-hydrogen) atoms. The third-order valence-corrected chi connectivity index (χ3v) is 11.5. The van der Waals surface area contributed by atoms with Crippen molar-refractivity contribution in [2.45, 2.75) is 276 Å². The summed E-state index contributed by atoms with van der Waals surface area (Å²) in [6, 6.07) is -0.632. The lowest BCUT2D eigenvalue weighted by atomic mass is 10.0. The lowest BCUT2D eigenvalue weighted by molar-refractivity contribution is -0.143. The summed E-state index contributed by atoms with van der Waals surface area (Å²) in [6.45, 7) is 4.85. The molecule has 0 fully saturated rings. The standard InChI is InChI=1S/C51H97NO5/c1-3-5-7-9-11-13-15-16-18-22-25-29-33-37-41-45-51(56)57-46-42-38-34-30-26-23-20-17-19-21-24-28-32-36-40-44-50(55)52-48(47-53)49(54)43-39-35-31-27-14-12-10-8-6-4-2/h16,18,39,43,48-49,53-54H,3-15,17,19-38,40-42,44-47H2,1-2H3,(H,52,55)/b18-16-,43-39+. The first kappa shape index (κ1) is 55.3. The number of carbonyl (C=O) groups is 2. The van der Waals surface area contributed by atoms with E-state index in [1.54, 1.807) is 6.08 Å². The van der Waals surface area contributed by atoms with E-state index in [2.05, 4.69) is 31.3 Å². The Bertz CT molecular complexity index is 889. The normalized spacial score (nSPS) is 12.8. The maximum absolute atomic E-state index is 12.4. The van der Waals surface area contributed by atoms with Crippen molar-refractivity contribution in [3.63, 3.8) is 0 Å². The van der Waals surface area contributed by atoms with E-state index < -0.39 is 12.1 Å². The fourth-order valence-corrected chi connectivity index (χ4v) is 7.57.